The maximum absolute atomic E-state index is 12.5. The molecule has 0 radical (unpaired) electrons. The molecule has 0 bridgehead atoms. The number of hydrogen-bond donors (Lipinski definition) is 1. The Morgan fingerprint density at radius 3 is 2.00 bits per heavy atom. The molecule has 4 nitrogen and oxygen atoms in total. The van der Waals surface area contributed by atoms with Crippen LogP contribution >= 0.6 is 0 Å². The van der Waals surface area contributed by atoms with Crippen molar-refractivity contribution in [3.8, 4) is 17.2 Å². The first-order valence-electron chi connectivity index (χ1n) is 7.11. The maximum atomic E-state index is 12.5. The highest BCUT2D eigenvalue weighted by Crippen LogP contribution is 2.37. The van der Waals surface area contributed by atoms with Gasteiger partial charge in [-0.3, -0.25) is 4.79 Å². The van der Waals surface area contributed by atoms with E-state index in [0.717, 1.165) is 24.3 Å². The van der Waals surface area contributed by atoms with Crippen LogP contribution in [0.2, 0.25) is 0 Å². The van der Waals surface area contributed by atoms with Crippen LogP contribution in [-0.2, 0) is 6.18 Å². The average Bonchev–Trinajstić information content (AvgIpc) is 2.59. The van der Waals surface area contributed by atoms with Crippen molar-refractivity contribution >= 4 is 11.9 Å². The van der Waals surface area contributed by atoms with Gasteiger partial charge in [-0.2, -0.15) is 13.2 Å². The molecule has 25 heavy (non-hydrogen) atoms. The molecule has 132 valence electrons. The molecule has 2 aromatic carbocycles. The molecule has 2 aromatic rings. The van der Waals surface area contributed by atoms with Gasteiger partial charge in [0, 0.05) is 5.56 Å². The monoisotopic (exact) mass is 352 g/mol. The van der Waals surface area contributed by atoms with Gasteiger partial charge in [-0.15, -0.1) is 0 Å². The minimum atomic E-state index is -4.45. The number of rotatable bonds is 5. The summed E-state index contributed by atoms with van der Waals surface area (Å²) >= 11 is 0. The Balaban J connectivity index is 2.23. The first-order chi connectivity index (χ1) is 11.8. The van der Waals surface area contributed by atoms with E-state index in [0.29, 0.717) is 5.56 Å². The molecule has 0 fully saturated rings. The Morgan fingerprint density at radius 2 is 1.56 bits per heavy atom. The Hall–Kier alpha value is -2.96. The van der Waals surface area contributed by atoms with Gasteiger partial charge in [0.15, 0.2) is 17.3 Å². The maximum Gasteiger partial charge on any atom is 0.416 e. The topological polar surface area (TPSA) is 55.8 Å². The summed E-state index contributed by atoms with van der Waals surface area (Å²) in [6.07, 6.45) is -1.78. The fourth-order valence-electron chi connectivity index (χ4n) is 2.10. The zero-order valence-corrected chi connectivity index (χ0v) is 13.4. The van der Waals surface area contributed by atoms with Crippen molar-refractivity contribution in [3.05, 3.63) is 59.2 Å². The molecular formula is C18H15F3O4. The lowest BCUT2D eigenvalue weighted by Crippen LogP contribution is -2.05. The number of ether oxygens (including phenoxy) is 2. The summed E-state index contributed by atoms with van der Waals surface area (Å²) in [7, 11) is 2.74. The Morgan fingerprint density at radius 1 is 1.04 bits per heavy atom. The number of alkyl halides is 3. The van der Waals surface area contributed by atoms with Crippen LogP contribution in [0.1, 0.15) is 21.5 Å². The van der Waals surface area contributed by atoms with E-state index in [1.165, 1.54) is 38.5 Å². The van der Waals surface area contributed by atoms with E-state index in [2.05, 4.69) is 0 Å². The Labute approximate surface area is 142 Å². The molecule has 0 spiro atoms. The first kappa shape index (κ1) is 18.4. The van der Waals surface area contributed by atoms with Crippen LogP contribution in [0.5, 0.6) is 17.2 Å². The van der Waals surface area contributed by atoms with Crippen LogP contribution in [-0.4, -0.2) is 25.1 Å². The Kier molecular flexibility index (Phi) is 5.36. The van der Waals surface area contributed by atoms with Crippen molar-refractivity contribution in [2.75, 3.05) is 14.2 Å². The van der Waals surface area contributed by atoms with Gasteiger partial charge in [-0.25, -0.2) is 0 Å². The van der Waals surface area contributed by atoms with Crippen LogP contribution < -0.4 is 9.47 Å². The average molecular weight is 352 g/mol. The largest absolute Gasteiger partial charge is 0.502 e. The fraction of sp³-hybridized carbons (Fsp3) is 0.167. The highest BCUT2D eigenvalue weighted by Gasteiger charge is 2.30. The summed E-state index contributed by atoms with van der Waals surface area (Å²) in [6.45, 7) is 0. The predicted molar refractivity (Wildman–Crippen MR) is 86.0 cm³/mol. The number of ketones is 1. The van der Waals surface area contributed by atoms with Gasteiger partial charge in [0.05, 0.1) is 19.8 Å². The smallest absolute Gasteiger partial charge is 0.416 e. The van der Waals surface area contributed by atoms with E-state index in [4.69, 9.17) is 9.47 Å². The first-order valence-corrected chi connectivity index (χ1v) is 7.11. The number of benzene rings is 2. The molecule has 2 rings (SSSR count). The van der Waals surface area contributed by atoms with E-state index in [1.807, 2.05) is 0 Å². The van der Waals surface area contributed by atoms with Crippen LogP contribution in [0.25, 0.3) is 6.08 Å². The third kappa shape index (κ3) is 4.32. The molecule has 0 saturated carbocycles. The summed E-state index contributed by atoms with van der Waals surface area (Å²) in [5.74, 6) is -0.294. The molecule has 0 saturated heterocycles. The van der Waals surface area contributed by atoms with Crippen molar-refractivity contribution in [1.29, 1.82) is 0 Å². The summed E-state index contributed by atoms with van der Waals surface area (Å²) < 4.78 is 47.6. The summed E-state index contributed by atoms with van der Waals surface area (Å²) in [6, 6.07) is 6.94. The molecule has 0 aliphatic heterocycles. The third-order valence-corrected chi connectivity index (χ3v) is 3.43. The van der Waals surface area contributed by atoms with Crippen LogP contribution in [0, 0.1) is 0 Å². The van der Waals surface area contributed by atoms with Crippen LogP contribution in [0.3, 0.4) is 0 Å². The molecule has 0 unspecified atom stereocenters. The van der Waals surface area contributed by atoms with Gasteiger partial charge in [0.2, 0.25) is 5.75 Å². The number of phenols is 1. The number of aromatic hydroxyl groups is 1. The summed E-state index contributed by atoms with van der Waals surface area (Å²) in [5.41, 5.74) is -0.172. The zero-order valence-electron chi connectivity index (χ0n) is 13.4. The number of halogens is 3. The lowest BCUT2D eigenvalue weighted by molar-refractivity contribution is -0.137. The number of carbonyl (C=O) groups is 1. The second-order valence-corrected chi connectivity index (χ2v) is 5.05. The van der Waals surface area contributed by atoms with E-state index >= 15 is 0 Å². The third-order valence-electron chi connectivity index (χ3n) is 3.43. The van der Waals surface area contributed by atoms with Gasteiger partial charge in [0.1, 0.15) is 0 Å². The number of phenolic OH excluding ortho intramolecular Hbond substituents is 1. The Bertz CT molecular complexity index is 768. The minimum absolute atomic E-state index is 0.127. The van der Waals surface area contributed by atoms with Gasteiger partial charge < -0.3 is 14.6 Å². The van der Waals surface area contributed by atoms with Crippen LogP contribution in [0.15, 0.2) is 42.5 Å². The van der Waals surface area contributed by atoms with Gasteiger partial charge in [-0.05, 0) is 35.9 Å². The number of methoxy groups -OCH3 is 2. The highest BCUT2D eigenvalue weighted by atomic mass is 19.4. The van der Waals surface area contributed by atoms with Crippen LogP contribution in [0.4, 0.5) is 13.2 Å². The molecule has 0 amide bonds. The standard InChI is InChI=1S/C18H15F3O4/c1-24-15-9-11(10-16(25-2)17(15)23)3-8-14(22)12-4-6-13(7-5-12)18(19,20)21/h3-10,23H,1-2H3. The van der Waals surface area contributed by atoms with E-state index < -0.39 is 17.5 Å². The lowest BCUT2D eigenvalue weighted by atomic mass is 10.1. The SMILES string of the molecule is COc1cc(C=CC(=O)c2ccc(C(F)(F)F)cc2)cc(OC)c1O. The molecule has 7 heteroatoms. The molecular weight excluding hydrogens is 337 g/mol. The molecule has 0 aliphatic rings. The zero-order chi connectivity index (χ0) is 18.6. The normalized spacial score (nSPS) is 11.6. The summed E-state index contributed by atoms with van der Waals surface area (Å²) in [5, 5.41) is 9.83. The number of allylic oxidation sites excluding steroid dienone is 1. The number of hydrogen-bond acceptors (Lipinski definition) is 4. The minimum Gasteiger partial charge on any atom is -0.502 e. The van der Waals surface area contributed by atoms with Gasteiger partial charge >= 0.3 is 6.18 Å². The van der Waals surface area contributed by atoms with Crippen molar-refractivity contribution in [2.24, 2.45) is 0 Å². The van der Waals surface area contributed by atoms with Crippen molar-refractivity contribution in [2.45, 2.75) is 6.18 Å². The second-order valence-electron chi connectivity index (χ2n) is 5.05. The van der Waals surface area contributed by atoms with Crippen molar-refractivity contribution < 1.29 is 32.5 Å². The molecule has 0 aliphatic carbocycles. The molecule has 0 heterocycles. The highest BCUT2D eigenvalue weighted by molar-refractivity contribution is 6.06. The van der Waals surface area contributed by atoms with Crippen molar-refractivity contribution in [3.63, 3.8) is 0 Å². The van der Waals surface area contributed by atoms with Gasteiger partial charge in [-0.1, -0.05) is 18.2 Å². The second kappa shape index (κ2) is 7.29. The van der Waals surface area contributed by atoms with E-state index in [-0.39, 0.29) is 22.8 Å². The number of carbonyl (C=O) groups excluding carboxylic acids is 1. The van der Waals surface area contributed by atoms with E-state index in [9.17, 15) is 23.1 Å². The molecule has 0 atom stereocenters. The molecule has 1 N–H and O–H groups in total. The predicted octanol–water partition coefficient (Wildman–Crippen LogP) is 4.32. The summed E-state index contributed by atoms with van der Waals surface area (Å²) in [4.78, 5) is 12.1. The van der Waals surface area contributed by atoms with Gasteiger partial charge in [0.25, 0.3) is 0 Å². The quantitative estimate of drug-likeness (QED) is 0.643. The van der Waals surface area contributed by atoms with E-state index in [1.54, 1.807) is 0 Å². The van der Waals surface area contributed by atoms with Crippen molar-refractivity contribution in [1.82, 2.24) is 0 Å². The molecule has 0 aromatic heterocycles. The fourth-order valence-corrected chi connectivity index (χ4v) is 2.10. The lowest BCUT2D eigenvalue weighted by Gasteiger charge is -2.09.